The van der Waals surface area contributed by atoms with Gasteiger partial charge in [0.15, 0.2) is 0 Å². The number of Topliss-reactive ketones (excluding diaryl/α,β-unsaturated/α-hetero) is 1. The summed E-state index contributed by atoms with van der Waals surface area (Å²) in [5.41, 5.74) is 0.962. The highest BCUT2D eigenvalue weighted by Gasteiger charge is 2.14. The van der Waals surface area contributed by atoms with Crippen molar-refractivity contribution in [1.29, 1.82) is 0 Å². The predicted molar refractivity (Wildman–Crippen MR) is 150 cm³/mol. The molecule has 5 N–H and O–H groups in total. The van der Waals surface area contributed by atoms with Crippen LogP contribution in [-0.4, -0.2) is 57.3 Å². The molecule has 37 heavy (non-hydrogen) atoms. The third kappa shape index (κ3) is 20.9. The second-order valence-electron chi connectivity index (χ2n) is 10.5. The molecular weight excluding hydrogens is 468 g/mol. The van der Waals surface area contributed by atoms with Gasteiger partial charge in [0.1, 0.15) is 12.0 Å². The first-order valence-corrected chi connectivity index (χ1v) is 14.8. The van der Waals surface area contributed by atoms with Gasteiger partial charge in [-0.1, -0.05) is 77.0 Å². The molecule has 0 saturated carbocycles. The number of aromatic nitrogens is 2. The number of hydrogen-bond acceptors (Lipinski definition) is 6. The molecule has 0 spiro atoms. The lowest BCUT2D eigenvalue weighted by Crippen LogP contribution is -2.38. The number of aliphatic carboxylic acids is 1. The number of H-pyrrole nitrogens is 1. The number of carbonyl (C=O) groups is 2. The molecule has 0 aliphatic carbocycles. The van der Waals surface area contributed by atoms with Crippen molar-refractivity contribution in [2.24, 2.45) is 0 Å². The molecule has 0 radical (unpaired) electrons. The number of carboxylic acid groups (broad SMARTS) is 1. The summed E-state index contributed by atoms with van der Waals surface area (Å²) in [4.78, 5) is 29.3. The number of rotatable bonds is 27. The van der Waals surface area contributed by atoms with Crippen molar-refractivity contribution in [3.05, 3.63) is 18.2 Å². The first-order chi connectivity index (χ1) is 18.0. The molecule has 0 fully saturated rings. The molecule has 2 atom stereocenters. The molecule has 1 rings (SSSR count). The SMILES string of the molecule is CC(=O)C(Cc1cnc[nH]1)NCCCCNC(O)CCCCCCCCCCCCCCCCC(=O)O. The van der Waals surface area contributed by atoms with E-state index in [1.807, 2.05) is 0 Å². The standard InChI is InChI=1S/C29H54N4O4/c1-25(34)27(22-26-23-30-24-33-26)31-20-16-17-21-32-28(35)18-14-12-10-8-6-4-2-3-5-7-9-11-13-15-19-29(36)37/h23-24,27-28,31-32,35H,2-22H2,1H3,(H,30,33)(H,36,37). The van der Waals surface area contributed by atoms with Crippen molar-refractivity contribution in [3.63, 3.8) is 0 Å². The van der Waals surface area contributed by atoms with E-state index in [4.69, 9.17) is 5.11 Å². The molecule has 0 bridgehead atoms. The van der Waals surface area contributed by atoms with Crippen molar-refractivity contribution in [2.45, 2.75) is 141 Å². The zero-order chi connectivity index (χ0) is 27.0. The summed E-state index contributed by atoms with van der Waals surface area (Å²) in [6, 6.07) is -0.182. The summed E-state index contributed by atoms with van der Waals surface area (Å²) in [5.74, 6) is -0.539. The number of aliphatic hydroxyl groups is 1. The fraction of sp³-hybridized carbons (Fsp3) is 0.828. The number of aromatic amines is 1. The van der Waals surface area contributed by atoms with Gasteiger partial charge >= 0.3 is 5.97 Å². The average molecular weight is 523 g/mol. The zero-order valence-corrected chi connectivity index (χ0v) is 23.3. The van der Waals surface area contributed by atoms with E-state index in [9.17, 15) is 14.7 Å². The van der Waals surface area contributed by atoms with Crippen LogP contribution in [0.3, 0.4) is 0 Å². The fourth-order valence-electron chi connectivity index (χ4n) is 4.61. The van der Waals surface area contributed by atoms with Crippen LogP contribution >= 0.6 is 0 Å². The molecule has 8 heteroatoms. The Bertz CT molecular complexity index is 669. The molecule has 0 aliphatic rings. The van der Waals surface area contributed by atoms with Crippen molar-refractivity contribution in [1.82, 2.24) is 20.6 Å². The number of aliphatic hydroxyl groups excluding tert-OH is 1. The normalized spacial score (nSPS) is 13.0. The van der Waals surface area contributed by atoms with Crippen LogP contribution < -0.4 is 10.6 Å². The summed E-state index contributed by atoms with van der Waals surface area (Å²) in [6.07, 6.45) is 23.6. The van der Waals surface area contributed by atoms with Gasteiger partial charge in [0.2, 0.25) is 0 Å². The highest BCUT2D eigenvalue weighted by Crippen LogP contribution is 2.14. The summed E-state index contributed by atoms with van der Waals surface area (Å²) >= 11 is 0. The summed E-state index contributed by atoms with van der Waals surface area (Å²) in [5, 5.41) is 25.3. The third-order valence-corrected chi connectivity index (χ3v) is 6.96. The molecule has 0 aliphatic heterocycles. The average Bonchev–Trinajstić information content (AvgIpc) is 3.38. The van der Waals surface area contributed by atoms with Gasteiger partial charge in [-0.2, -0.15) is 0 Å². The second kappa shape index (κ2) is 23.4. The van der Waals surface area contributed by atoms with E-state index >= 15 is 0 Å². The van der Waals surface area contributed by atoms with E-state index < -0.39 is 12.2 Å². The lowest BCUT2D eigenvalue weighted by atomic mass is 10.0. The second-order valence-corrected chi connectivity index (χ2v) is 10.5. The Morgan fingerprint density at radius 3 is 1.81 bits per heavy atom. The van der Waals surface area contributed by atoms with Gasteiger partial charge in [0.25, 0.3) is 0 Å². The molecule has 1 heterocycles. The van der Waals surface area contributed by atoms with Crippen LogP contribution in [0.25, 0.3) is 0 Å². The maximum absolute atomic E-state index is 11.8. The maximum Gasteiger partial charge on any atom is 0.303 e. The fourth-order valence-corrected chi connectivity index (χ4v) is 4.61. The third-order valence-electron chi connectivity index (χ3n) is 6.96. The maximum atomic E-state index is 11.8. The Morgan fingerprint density at radius 1 is 0.811 bits per heavy atom. The van der Waals surface area contributed by atoms with E-state index in [0.29, 0.717) is 12.8 Å². The summed E-state index contributed by atoms with van der Waals surface area (Å²) in [6.45, 7) is 3.19. The molecule has 2 unspecified atom stereocenters. The number of carbonyl (C=O) groups excluding carboxylic acids is 1. The Labute approximate surface area is 224 Å². The van der Waals surface area contributed by atoms with Gasteiger partial charge in [-0.05, 0) is 52.1 Å². The number of hydrogen-bond donors (Lipinski definition) is 5. The van der Waals surface area contributed by atoms with Gasteiger partial charge < -0.3 is 20.5 Å². The smallest absolute Gasteiger partial charge is 0.303 e. The van der Waals surface area contributed by atoms with E-state index in [2.05, 4.69) is 20.6 Å². The Morgan fingerprint density at radius 2 is 1.32 bits per heavy atom. The van der Waals surface area contributed by atoms with E-state index in [1.54, 1.807) is 19.4 Å². The number of carboxylic acids is 1. The highest BCUT2D eigenvalue weighted by atomic mass is 16.4. The van der Waals surface area contributed by atoms with Gasteiger partial charge in [-0.25, -0.2) is 4.98 Å². The molecule has 8 nitrogen and oxygen atoms in total. The lowest BCUT2D eigenvalue weighted by Gasteiger charge is -2.16. The minimum Gasteiger partial charge on any atom is -0.481 e. The number of unbranched alkanes of at least 4 members (excludes halogenated alkanes) is 14. The highest BCUT2D eigenvalue weighted by molar-refractivity contribution is 5.81. The number of nitrogens with zero attached hydrogens (tertiary/aromatic N) is 1. The summed E-state index contributed by atoms with van der Waals surface area (Å²) < 4.78 is 0. The molecule has 0 saturated heterocycles. The monoisotopic (exact) mass is 522 g/mol. The van der Waals surface area contributed by atoms with Crippen LogP contribution in [0.1, 0.15) is 128 Å². The Kier molecular flexibility index (Phi) is 21.0. The number of ketones is 1. The minimum atomic E-state index is -0.676. The van der Waals surface area contributed by atoms with Crippen molar-refractivity contribution >= 4 is 11.8 Å². The lowest BCUT2D eigenvalue weighted by molar-refractivity contribution is -0.137. The van der Waals surface area contributed by atoms with Gasteiger partial charge in [0.05, 0.1) is 12.4 Å². The predicted octanol–water partition coefficient (Wildman–Crippen LogP) is 5.51. The van der Waals surface area contributed by atoms with E-state index in [1.165, 1.54) is 70.6 Å². The van der Waals surface area contributed by atoms with Crippen LogP contribution in [0.5, 0.6) is 0 Å². The van der Waals surface area contributed by atoms with Crippen LogP contribution in [0, 0.1) is 0 Å². The van der Waals surface area contributed by atoms with E-state index in [-0.39, 0.29) is 11.8 Å². The number of imidazole rings is 1. The van der Waals surface area contributed by atoms with Crippen LogP contribution in [0.4, 0.5) is 0 Å². The van der Waals surface area contributed by atoms with Crippen molar-refractivity contribution in [3.8, 4) is 0 Å². The Hall–Kier alpha value is -1.77. The van der Waals surface area contributed by atoms with Gasteiger partial charge in [0, 0.05) is 24.7 Å². The van der Waals surface area contributed by atoms with Crippen LogP contribution in [0.2, 0.25) is 0 Å². The zero-order valence-electron chi connectivity index (χ0n) is 23.3. The summed E-state index contributed by atoms with van der Waals surface area (Å²) in [7, 11) is 0. The largest absolute Gasteiger partial charge is 0.481 e. The van der Waals surface area contributed by atoms with Crippen molar-refractivity contribution in [2.75, 3.05) is 13.1 Å². The first-order valence-electron chi connectivity index (χ1n) is 14.8. The molecule has 0 aromatic carbocycles. The quantitative estimate of drug-likeness (QED) is 0.0761. The van der Waals surface area contributed by atoms with Crippen LogP contribution in [-0.2, 0) is 16.0 Å². The van der Waals surface area contributed by atoms with Gasteiger partial charge in [-0.3, -0.25) is 14.9 Å². The Balaban J connectivity index is 1.81. The first kappa shape index (κ1) is 33.3. The molecule has 1 aromatic heterocycles. The number of nitrogens with one attached hydrogen (secondary N) is 3. The van der Waals surface area contributed by atoms with Crippen molar-refractivity contribution < 1.29 is 19.8 Å². The van der Waals surface area contributed by atoms with Crippen LogP contribution in [0.15, 0.2) is 12.5 Å². The molecule has 1 aromatic rings. The minimum absolute atomic E-state index is 0.137. The van der Waals surface area contributed by atoms with E-state index in [0.717, 1.165) is 57.3 Å². The molecule has 0 amide bonds. The molecular formula is C29H54N4O4. The molecule has 214 valence electrons. The topological polar surface area (TPSA) is 127 Å². The van der Waals surface area contributed by atoms with Gasteiger partial charge in [-0.15, -0.1) is 0 Å².